The van der Waals surface area contributed by atoms with Crippen LogP contribution >= 0.6 is 0 Å². The lowest BCUT2D eigenvalue weighted by atomic mass is 9.89. The SMILES string of the molecule is COc1cc(C(=O)CCC(C)(N)c2ccc(OC)c(-c3ccc(F)c(C)c3)n2)ccc1OC1CC1. The third-order valence-electron chi connectivity index (χ3n) is 6.27. The molecule has 0 spiro atoms. The van der Waals surface area contributed by atoms with Crippen LogP contribution in [0.1, 0.15) is 54.2 Å². The molecule has 1 unspecified atom stereocenters. The van der Waals surface area contributed by atoms with Gasteiger partial charge in [-0.3, -0.25) is 4.79 Å². The van der Waals surface area contributed by atoms with Crippen LogP contribution in [0.15, 0.2) is 48.5 Å². The van der Waals surface area contributed by atoms with E-state index in [0.717, 1.165) is 18.4 Å². The molecule has 1 heterocycles. The van der Waals surface area contributed by atoms with Crippen LogP contribution in [0.4, 0.5) is 4.39 Å². The van der Waals surface area contributed by atoms with E-state index < -0.39 is 5.54 Å². The molecule has 0 bridgehead atoms. The summed E-state index contributed by atoms with van der Waals surface area (Å²) in [5, 5.41) is 0. The summed E-state index contributed by atoms with van der Waals surface area (Å²) in [4.78, 5) is 17.7. The topological polar surface area (TPSA) is 83.7 Å². The molecule has 0 saturated heterocycles. The number of nitrogens with two attached hydrogens (primary N) is 1. The number of ketones is 1. The van der Waals surface area contributed by atoms with Crippen molar-refractivity contribution < 1.29 is 23.4 Å². The Morgan fingerprint density at radius 3 is 2.43 bits per heavy atom. The number of rotatable bonds is 10. The Balaban J connectivity index is 1.51. The fourth-order valence-electron chi connectivity index (χ4n) is 3.88. The highest BCUT2D eigenvalue weighted by Gasteiger charge is 2.27. The summed E-state index contributed by atoms with van der Waals surface area (Å²) >= 11 is 0. The number of carbonyl (C=O) groups is 1. The maximum Gasteiger partial charge on any atom is 0.163 e. The van der Waals surface area contributed by atoms with E-state index in [1.54, 1.807) is 63.6 Å². The smallest absolute Gasteiger partial charge is 0.163 e. The van der Waals surface area contributed by atoms with E-state index in [-0.39, 0.29) is 24.1 Å². The summed E-state index contributed by atoms with van der Waals surface area (Å²) in [5.74, 6) is 1.44. The number of nitrogens with zero attached hydrogens (tertiary/aromatic N) is 1. The van der Waals surface area contributed by atoms with Gasteiger partial charge in [-0.2, -0.15) is 0 Å². The van der Waals surface area contributed by atoms with Gasteiger partial charge in [0, 0.05) is 17.5 Å². The molecule has 1 saturated carbocycles. The zero-order valence-electron chi connectivity index (χ0n) is 20.6. The van der Waals surface area contributed by atoms with Crippen LogP contribution in [-0.2, 0) is 5.54 Å². The molecule has 1 aliphatic carbocycles. The third-order valence-corrected chi connectivity index (χ3v) is 6.27. The van der Waals surface area contributed by atoms with Gasteiger partial charge in [0.1, 0.15) is 17.3 Å². The molecular weight excluding hydrogens is 447 g/mol. The van der Waals surface area contributed by atoms with Crippen molar-refractivity contribution in [1.29, 1.82) is 0 Å². The molecule has 184 valence electrons. The lowest BCUT2D eigenvalue weighted by Crippen LogP contribution is -2.34. The molecule has 0 amide bonds. The molecule has 3 aromatic rings. The highest BCUT2D eigenvalue weighted by Crippen LogP contribution is 2.35. The predicted molar refractivity (Wildman–Crippen MR) is 133 cm³/mol. The van der Waals surface area contributed by atoms with Crippen LogP contribution in [-0.4, -0.2) is 31.1 Å². The van der Waals surface area contributed by atoms with E-state index in [4.69, 9.17) is 24.9 Å². The van der Waals surface area contributed by atoms with E-state index in [2.05, 4.69) is 0 Å². The number of hydrogen-bond acceptors (Lipinski definition) is 6. The Morgan fingerprint density at radius 2 is 1.77 bits per heavy atom. The summed E-state index contributed by atoms with van der Waals surface area (Å²) in [6.07, 6.45) is 2.94. The summed E-state index contributed by atoms with van der Waals surface area (Å²) in [5.41, 5.74) is 8.76. The average molecular weight is 479 g/mol. The van der Waals surface area contributed by atoms with Gasteiger partial charge < -0.3 is 19.9 Å². The fourth-order valence-corrected chi connectivity index (χ4v) is 3.88. The summed E-state index contributed by atoms with van der Waals surface area (Å²) in [6, 6.07) is 13.7. The summed E-state index contributed by atoms with van der Waals surface area (Å²) in [7, 11) is 3.13. The molecule has 6 nitrogen and oxygen atoms in total. The van der Waals surface area contributed by atoms with Crippen molar-refractivity contribution in [2.75, 3.05) is 14.2 Å². The molecule has 1 aliphatic rings. The minimum absolute atomic E-state index is 0.0409. The van der Waals surface area contributed by atoms with Crippen molar-refractivity contribution in [3.8, 4) is 28.5 Å². The number of aromatic nitrogens is 1. The second-order valence-corrected chi connectivity index (χ2v) is 9.23. The minimum atomic E-state index is -0.870. The quantitative estimate of drug-likeness (QED) is 0.382. The maximum absolute atomic E-state index is 13.8. The van der Waals surface area contributed by atoms with Crippen molar-refractivity contribution in [2.45, 2.75) is 51.2 Å². The van der Waals surface area contributed by atoms with Gasteiger partial charge in [-0.1, -0.05) is 0 Å². The summed E-state index contributed by atoms with van der Waals surface area (Å²) < 4.78 is 30.5. The van der Waals surface area contributed by atoms with Crippen molar-refractivity contribution in [2.24, 2.45) is 5.73 Å². The van der Waals surface area contributed by atoms with Gasteiger partial charge in [0.15, 0.2) is 17.3 Å². The number of aryl methyl sites for hydroxylation is 1. The van der Waals surface area contributed by atoms with Crippen LogP contribution in [0.25, 0.3) is 11.3 Å². The van der Waals surface area contributed by atoms with Gasteiger partial charge in [-0.15, -0.1) is 0 Å². The van der Waals surface area contributed by atoms with E-state index in [1.165, 1.54) is 6.07 Å². The number of pyridine rings is 1. The van der Waals surface area contributed by atoms with Crippen molar-refractivity contribution >= 4 is 5.78 Å². The molecule has 2 N–H and O–H groups in total. The van der Waals surface area contributed by atoms with Crippen molar-refractivity contribution in [1.82, 2.24) is 4.98 Å². The predicted octanol–water partition coefficient (Wildman–Crippen LogP) is 5.59. The van der Waals surface area contributed by atoms with Crippen LogP contribution < -0.4 is 19.9 Å². The number of halogens is 1. The van der Waals surface area contributed by atoms with Crippen LogP contribution in [0.2, 0.25) is 0 Å². The second-order valence-electron chi connectivity index (χ2n) is 9.23. The lowest BCUT2D eigenvalue weighted by Gasteiger charge is -2.25. The molecule has 0 aliphatic heterocycles. The van der Waals surface area contributed by atoms with Crippen LogP contribution in [0, 0.1) is 12.7 Å². The highest BCUT2D eigenvalue weighted by atomic mass is 19.1. The lowest BCUT2D eigenvalue weighted by molar-refractivity contribution is 0.0970. The van der Waals surface area contributed by atoms with E-state index >= 15 is 0 Å². The van der Waals surface area contributed by atoms with Crippen molar-refractivity contribution in [3.05, 3.63) is 71.2 Å². The third kappa shape index (κ3) is 5.62. The monoisotopic (exact) mass is 478 g/mol. The average Bonchev–Trinajstić information content (AvgIpc) is 3.68. The Labute approximate surface area is 205 Å². The highest BCUT2D eigenvalue weighted by molar-refractivity contribution is 5.96. The fraction of sp³-hybridized carbons (Fsp3) is 0.357. The first kappa shape index (κ1) is 24.7. The zero-order valence-corrected chi connectivity index (χ0v) is 20.6. The normalized spacial score (nSPS) is 14.8. The van der Waals surface area contributed by atoms with Gasteiger partial charge in [-0.25, -0.2) is 9.37 Å². The first-order valence-corrected chi connectivity index (χ1v) is 11.7. The Hall–Kier alpha value is -3.45. The molecule has 4 rings (SSSR count). The first-order chi connectivity index (χ1) is 16.7. The molecule has 35 heavy (non-hydrogen) atoms. The largest absolute Gasteiger partial charge is 0.494 e. The van der Waals surface area contributed by atoms with E-state index in [9.17, 15) is 9.18 Å². The zero-order chi connectivity index (χ0) is 25.2. The Morgan fingerprint density at radius 1 is 1.06 bits per heavy atom. The van der Waals surface area contributed by atoms with E-state index in [1.807, 2.05) is 6.92 Å². The van der Waals surface area contributed by atoms with Gasteiger partial charge in [0.2, 0.25) is 0 Å². The number of hydrogen-bond donors (Lipinski definition) is 1. The molecule has 1 aromatic heterocycles. The molecule has 0 radical (unpaired) electrons. The Bertz CT molecular complexity index is 1240. The minimum Gasteiger partial charge on any atom is -0.494 e. The Kier molecular flexibility index (Phi) is 7.08. The molecule has 7 heteroatoms. The van der Waals surface area contributed by atoms with Crippen LogP contribution in [0.3, 0.4) is 0 Å². The number of carbonyl (C=O) groups excluding carboxylic acids is 1. The number of benzene rings is 2. The maximum atomic E-state index is 13.8. The molecule has 1 fully saturated rings. The number of Topliss-reactive ketones (excluding diaryl/α,β-unsaturated/α-hetero) is 1. The number of methoxy groups -OCH3 is 2. The number of ether oxygens (including phenoxy) is 3. The molecule has 1 atom stereocenters. The standard InChI is InChI=1S/C28H31FN2O4/c1-17-15-19(5-9-21(17)29)27-24(33-3)11-12-26(31-27)28(2,30)14-13-22(32)18-6-10-23(25(16-18)34-4)35-20-7-8-20/h5-6,9-12,15-16,20H,7-8,13-14,30H2,1-4H3. The van der Waals surface area contributed by atoms with E-state index in [0.29, 0.717) is 46.2 Å². The first-order valence-electron chi connectivity index (χ1n) is 11.7. The van der Waals surface area contributed by atoms with Crippen molar-refractivity contribution in [3.63, 3.8) is 0 Å². The van der Waals surface area contributed by atoms with Gasteiger partial charge >= 0.3 is 0 Å². The van der Waals surface area contributed by atoms with Gasteiger partial charge in [0.05, 0.1) is 31.6 Å². The van der Waals surface area contributed by atoms with Crippen LogP contribution in [0.5, 0.6) is 17.2 Å². The molecular formula is C28H31FN2O4. The van der Waals surface area contributed by atoms with Gasteiger partial charge in [-0.05, 0) is 87.2 Å². The molecule has 2 aromatic carbocycles. The summed E-state index contributed by atoms with van der Waals surface area (Å²) in [6.45, 7) is 3.55. The second kappa shape index (κ2) is 10.0. The van der Waals surface area contributed by atoms with Gasteiger partial charge in [0.25, 0.3) is 0 Å².